The van der Waals surface area contributed by atoms with Crippen LogP contribution < -0.4 is 15.9 Å². The number of hydrogen-bond acceptors (Lipinski definition) is 0. The van der Waals surface area contributed by atoms with Gasteiger partial charge in [0.15, 0.2) is 0 Å². The minimum atomic E-state index is -0.651. The molecule has 0 bridgehead atoms. The van der Waals surface area contributed by atoms with Gasteiger partial charge < -0.3 is 0 Å². The molecule has 0 unspecified atom stereocenters. The standard InChI is InChI=1S/C23H18ClP.Ni/c24-21-16-9-17-22(23(21)18-10-7-8-11-18)25(19-12-3-1-4-13-19)20-14-5-2-6-15-20;/h1-18H;. The third kappa shape index (κ3) is 3.86. The molecular formula is C23H18ClNiP. The maximum absolute atomic E-state index is 6.67. The summed E-state index contributed by atoms with van der Waals surface area (Å²) in [6, 6.07) is 27.8. The minimum absolute atomic E-state index is 0. The molecule has 132 valence electrons. The Bertz CT molecular complexity index is 868. The van der Waals surface area contributed by atoms with Crippen LogP contribution in [0.3, 0.4) is 0 Å². The maximum Gasteiger partial charge on any atom is 0.0453 e. The zero-order valence-corrected chi connectivity index (χ0v) is 16.7. The summed E-state index contributed by atoms with van der Waals surface area (Å²) in [6.07, 6.45) is 8.64. The largest absolute Gasteiger partial charge is 0.0840 e. The predicted octanol–water partition coefficient (Wildman–Crippen LogP) is 5.31. The van der Waals surface area contributed by atoms with Gasteiger partial charge in [0.25, 0.3) is 0 Å². The summed E-state index contributed by atoms with van der Waals surface area (Å²) in [6.45, 7) is 0. The Morgan fingerprint density at radius 3 is 1.73 bits per heavy atom. The third-order valence-electron chi connectivity index (χ3n) is 4.38. The molecule has 0 spiro atoms. The van der Waals surface area contributed by atoms with Crippen LogP contribution in [0.1, 0.15) is 11.5 Å². The van der Waals surface area contributed by atoms with E-state index in [1.807, 2.05) is 6.07 Å². The smallest absolute Gasteiger partial charge is 0.0453 e. The summed E-state index contributed by atoms with van der Waals surface area (Å²) in [5.41, 5.74) is 1.23. The molecule has 1 aliphatic carbocycles. The Balaban J connectivity index is 0.00000196. The molecule has 3 heteroatoms. The Hall–Kier alpha value is -1.65. The van der Waals surface area contributed by atoms with Crippen molar-refractivity contribution in [1.82, 2.24) is 0 Å². The van der Waals surface area contributed by atoms with Gasteiger partial charge in [-0.05, 0) is 35.5 Å². The summed E-state index contributed by atoms with van der Waals surface area (Å²) in [5, 5.41) is 4.87. The maximum atomic E-state index is 6.67. The molecule has 4 rings (SSSR count). The molecule has 0 saturated carbocycles. The average Bonchev–Trinajstić information content (AvgIpc) is 3.18. The molecule has 0 aliphatic heterocycles. The molecule has 26 heavy (non-hydrogen) atoms. The van der Waals surface area contributed by atoms with Crippen molar-refractivity contribution in [3.63, 3.8) is 0 Å². The summed E-state index contributed by atoms with van der Waals surface area (Å²) in [7, 11) is -0.651. The van der Waals surface area contributed by atoms with E-state index in [9.17, 15) is 0 Å². The Kier molecular flexibility index (Phi) is 6.49. The van der Waals surface area contributed by atoms with E-state index in [4.69, 9.17) is 11.6 Å². The molecule has 0 nitrogen and oxygen atoms in total. The Morgan fingerprint density at radius 2 is 1.19 bits per heavy atom. The van der Waals surface area contributed by atoms with Crippen LogP contribution in [0, 0.1) is 0 Å². The van der Waals surface area contributed by atoms with Crippen LogP contribution in [-0.2, 0) is 16.5 Å². The monoisotopic (exact) mass is 418 g/mol. The second-order valence-corrected chi connectivity index (χ2v) is 8.57. The fourth-order valence-corrected chi connectivity index (χ4v) is 6.16. The van der Waals surface area contributed by atoms with Crippen molar-refractivity contribution in [3.8, 4) is 0 Å². The quantitative estimate of drug-likeness (QED) is 0.397. The molecule has 0 radical (unpaired) electrons. The SMILES string of the molecule is Clc1cccc(P(c2ccccc2)c2ccccc2)c1C1C=CC=C1.[Ni]. The molecule has 3 aromatic carbocycles. The van der Waals surface area contributed by atoms with Gasteiger partial charge in [-0.15, -0.1) is 0 Å². The van der Waals surface area contributed by atoms with Gasteiger partial charge in [0, 0.05) is 27.4 Å². The topological polar surface area (TPSA) is 0 Å². The van der Waals surface area contributed by atoms with Crippen LogP contribution in [0.25, 0.3) is 0 Å². The molecule has 0 N–H and O–H groups in total. The fourth-order valence-electron chi connectivity index (χ4n) is 3.26. The van der Waals surface area contributed by atoms with Crippen molar-refractivity contribution in [2.24, 2.45) is 0 Å². The Labute approximate surface area is 171 Å². The average molecular weight is 420 g/mol. The van der Waals surface area contributed by atoms with Gasteiger partial charge in [0.1, 0.15) is 0 Å². The van der Waals surface area contributed by atoms with Gasteiger partial charge in [-0.25, -0.2) is 0 Å². The third-order valence-corrected chi connectivity index (χ3v) is 7.21. The number of hydrogen-bond donors (Lipinski definition) is 0. The number of halogens is 1. The van der Waals surface area contributed by atoms with Gasteiger partial charge in [0.05, 0.1) is 0 Å². The second kappa shape index (κ2) is 8.83. The van der Waals surface area contributed by atoms with Crippen molar-refractivity contribution in [1.29, 1.82) is 0 Å². The molecule has 0 amide bonds. The van der Waals surface area contributed by atoms with E-state index in [0.29, 0.717) is 0 Å². The van der Waals surface area contributed by atoms with Gasteiger partial charge >= 0.3 is 0 Å². The van der Waals surface area contributed by atoms with E-state index >= 15 is 0 Å². The minimum Gasteiger partial charge on any atom is -0.0840 e. The summed E-state index contributed by atoms with van der Waals surface area (Å²) in [5.74, 6) is 0.251. The van der Waals surface area contributed by atoms with Gasteiger partial charge in [0.2, 0.25) is 0 Å². The normalized spacial score (nSPS) is 13.2. The van der Waals surface area contributed by atoms with Crippen LogP contribution >= 0.6 is 19.5 Å². The summed E-state index contributed by atoms with van der Waals surface area (Å²) in [4.78, 5) is 0. The van der Waals surface area contributed by atoms with Gasteiger partial charge in [-0.2, -0.15) is 0 Å². The predicted molar refractivity (Wildman–Crippen MR) is 111 cm³/mol. The molecule has 1 aliphatic rings. The van der Waals surface area contributed by atoms with Crippen LogP contribution in [-0.4, -0.2) is 0 Å². The van der Waals surface area contributed by atoms with Crippen LogP contribution in [0.2, 0.25) is 5.02 Å². The van der Waals surface area contributed by atoms with Crippen molar-refractivity contribution in [2.75, 3.05) is 0 Å². The zero-order chi connectivity index (χ0) is 17.1. The summed E-state index contributed by atoms with van der Waals surface area (Å²) < 4.78 is 0. The van der Waals surface area contributed by atoms with Crippen molar-refractivity contribution in [2.45, 2.75) is 5.92 Å². The first kappa shape index (κ1) is 19.1. The van der Waals surface area contributed by atoms with E-state index in [2.05, 4.69) is 97.1 Å². The fraction of sp³-hybridized carbons (Fsp3) is 0.0435. The molecule has 0 heterocycles. The second-order valence-electron chi connectivity index (χ2n) is 5.97. The van der Waals surface area contributed by atoms with Crippen LogP contribution in [0.4, 0.5) is 0 Å². The first-order valence-electron chi connectivity index (χ1n) is 8.38. The first-order valence-corrected chi connectivity index (χ1v) is 10.1. The molecule has 0 saturated heterocycles. The number of benzene rings is 3. The summed E-state index contributed by atoms with van der Waals surface area (Å²) >= 11 is 6.67. The number of rotatable bonds is 4. The van der Waals surface area contributed by atoms with Crippen molar-refractivity contribution >= 4 is 35.4 Å². The molecule has 0 fully saturated rings. The van der Waals surface area contributed by atoms with E-state index in [1.54, 1.807) is 0 Å². The van der Waals surface area contributed by atoms with E-state index in [0.717, 1.165) is 5.02 Å². The molecule has 0 atom stereocenters. The zero-order valence-electron chi connectivity index (χ0n) is 14.0. The van der Waals surface area contributed by atoms with Gasteiger partial charge in [-0.3, -0.25) is 0 Å². The van der Waals surface area contributed by atoms with Gasteiger partial charge in [-0.1, -0.05) is 109 Å². The van der Waals surface area contributed by atoms with Crippen LogP contribution in [0.15, 0.2) is 103 Å². The molecule has 3 aromatic rings. The van der Waals surface area contributed by atoms with E-state index in [-0.39, 0.29) is 22.4 Å². The van der Waals surface area contributed by atoms with E-state index < -0.39 is 7.92 Å². The van der Waals surface area contributed by atoms with Crippen LogP contribution in [0.5, 0.6) is 0 Å². The first-order chi connectivity index (χ1) is 12.3. The Morgan fingerprint density at radius 1 is 0.654 bits per heavy atom. The molecular weight excluding hydrogens is 401 g/mol. The molecule has 0 aromatic heterocycles. The van der Waals surface area contributed by atoms with Crippen molar-refractivity contribution in [3.05, 3.63) is 114 Å². The van der Waals surface area contributed by atoms with E-state index in [1.165, 1.54) is 21.5 Å². The number of allylic oxidation sites excluding steroid dienone is 4. The van der Waals surface area contributed by atoms with Crippen molar-refractivity contribution < 1.29 is 16.5 Å².